The van der Waals surface area contributed by atoms with E-state index in [1.807, 2.05) is 7.05 Å². The molecule has 0 saturated heterocycles. The van der Waals surface area contributed by atoms with E-state index in [2.05, 4.69) is 26.1 Å². The second kappa shape index (κ2) is 3.89. The zero-order valence-electron chi connectivity index (χ0n) is 7.12. The van der Waals surface area contributed by atoms with Crippen LogP contribution in [0.5, 0.6) is 0 Å². The van der Waals surface area contributed by atoms with Gasteiger partial charge >= 0.3 is 0 Å². The first-order valence-corrected chi connectivity index (χ1v) is 3.77. The normalized spacial score (nSPS) is 12.0. The Morgan fingerprint density at radius 3 is 2.22 bits per heavy atom. The molecule has 56 valence electrons. The van der Waals surface area contributed by atoms with Gasteiger partial charge in [-0.3, -0.25) is 0 Å². The van der Waals surface area contributed by atoms with Gasteiger partial charge in [-0.2, -0.15) is 0 Å². The van der Waals surface area contributed by atoms with Gasteiger partial charge in [0.15, 0.2) is 0 Å². The molecule has 0 rings (SSSR count). The molecule has 0 unspecified atom stereocenters. The fourth-order valence-electron chi connectivity index (χ4n) is 1.24. The van der Waals surface area contributed by atoms with Gasteiger partial charge in [-0.05, 0) is 25.4 Å². The minimum atomic E-state index is 0.490. The summed E-state index contributed by atoms with van der Waals surface area (Å²) < 4.78 is 0. The Kier molecular flexibility index (Phi) is 3.87. The lowest BCUT2D eigenvalue weighted by Crippen LogP contribution is -2.26. The van der Waals surface area contributed by atoms with Crippen LogP contribution in [0.3, 0.4) is 0 Å². The SMILES string of the molecule is CCCC(C)(C)CNC. The highest BCUT2D eigenvalue weighted by atomic mass is 14.8. The highest BCUT2D eigenvalue weighted by Crippen LogP contribution is 2.19. The van der Waals surface area contributed by atoms with Crippen LogP contribution in [0.15, 0.2) is 0 Å². The topological polar surface area (TPSA) is 12.0 Å². The molecular formula is C8H19N. The van der Waals surface area contributed by atoms with E-state index in [1.54, 1.807) is 0 Å². The number of hydrogen-bond acceptors (Lipinski definition) is 1. The maximum atomic E-state index is 3.19. The van der Waals surface area contributed by atoms with Crippen molar-refractivity contribution in [2.24, 2.45) is 5.41 Å². The molecule has 1 N–H and O–H groups in total. The van der Waals surface area contributed by atoms with E-state index in [4.69, 9.17) is 0 Å². The monoisotopic (exact) mass is 129 g/mol. The average molecular weight is 129 g/mol. The van der Waals surface area contributed by atoms with Crippen LogP contribution in [0.1, 0.15) is 33.6 Å². The van der Waals surface area contributed by atoms with Crippen molar-refractivity contribution >= 4 is 0 Å². The predicted molar refractivity (Wildman–Crippen MR) is 42.6 cm³/mol. The van der Waals surface area contributed by atoms with Crippen molar-refractivity contribution in [3.8, 4) is 0 Å². The fourth-order valence-corrected chi connectivity index (χ4v) is 1.24. The van der Waals surface area contributed by atoms with Gasteiger partial charge in [0.05, 0.1) is 0 Å². The second-order valence-electron chi connectivity index (χ2n) is 3.44. The second-order valence-corrected chi connectivity index (χ2v) is 3.44. The molecule has 0 heterocycles. The summed E-state index contributed by atoms with van der Waals surface area (Å²) in [7, 11) is 2.01. The molecule has 1 heteroatoms. The average Bonchev–Trinajstić information content (AvgIpc) is 1.64. The van der Waals surface area contributed by atoms with Crippen molar-refractivity contribution in [3.63, 3.8) is 0 Å². The van der Waals surface area contributed by atoms with Crippen molar-refractivity contribution in [3.05, 3.63) is 0 Å². The first kappa shape index (κ1) is 8.96. The van der Waals surface area contributed by atoms with Gasteiger partial charge in [-0.15, -0.1) is 0 Å². The molecule has 0 aliphatic heterocycles. The first-order valence-electron chi connectivity index (χ1n) is 3.77. The molecule has 1 nitrogen and oxygen atoms in total. The summed E-state index contributed by atoms with van der Waals surface area (Å²) in [5, 5.41) is 3.19. The zero-order chi connectivity index (χ0) is 7.33. The van der Waals surface area contributed by atoms with Gasteiger partial charge in [-0.25, -0.2) is 0 Å². The van der Waals surface area contributed by atoms with E-state index in [9.17, 15) is 0 Å². The first-order chi connectivity index (χ1) is 4.12. The highest BCUT2D eigenvalue weighted by molar-refractivity contribution is 4.68. The molecular weight excluding hydrogens is 110 g/mol. The molecule has 0 aliphatic rings. The summed E-state index contributed by atoms with van der Waals surface area (Å²) in [6, 6.07) is 0. The molecule has 0 aliphatic carbocycles. The molecule has 0 aromatic rings. The maximum absolute atomic E-state index is 3.19. The summed E-state index contributed by atoms with van der Waals surface area (Å²) in [5.74, 6) is 0. The lowest BCUT2D eigenvalue weighted by molar-refractivity contribution is 0.321. The van der Waals surface area contributed by atoms with Crippen LogP contribution in [0, 0.1) is 5.41 Å². The Balaban J connectivity index is 3.43. The molecule has 0 radical (unpaired) electrons. The Morgan fingerprint density at radius 1 is 1.33 bits per heavy atom. The smallest absolute Gasteiger partial charge is 0.0000489 e. The molecule has 9 heavy (non-hydrogen) atoms. The lowest BCUT2D eigenvalue weighted by Gasteiger charge is -2.22. The largest absolute Gasteiger partial charge is 0.319 e. The quantitative estimate of drug-likeness (QED) is 0.612. The lowest BCUT2D eigenvalue weighted by atomic mass is 9.88. The molecule has 0 aromatic carbocycles. The molecule has 0 fully saturated rings. The Labute approximate surface area is 58.8 Å². The van der Waals surface area contributed by atoms with Crippen LogP contribution in [0.2, 0.25) is 0 Å². The number of hydrogen-bond donors (Lipinski definition) is 1. The van der Waals surface area contributed by atoms with E-state index >= 15 is 0 Å². The van der Waals surface area contributed by atoms with Gasteiger partial charge < -0.3 is 5.32 Å². The minimum Gasteiger partial charge on any atom is -0.319 e. The highest BCUT2D eigenvalue weighted by Gasteiger charge is 2.13. The summed E-state index contributed by atoms with van der Waals surface area (Å²) >= 11 is 0. The zero-order valence-corrected chi connectivity index (χ0v) is 7.12. The molecule has 0 atom stereocenters. The molecule has 0 amide bonds. The van der Waals surface area contributed by atoms with E-state index < -0.39 is 0 Å². The van der Waals surface area contributed by atoms with Gasteiger partial charge in [0.25, 0.3) is 0 Å². The third-order valence-corrected chi connectivity index (χ3v) is 1.58. The Hall–Kier alpha value is -0.0400. The Morgan fingerprint density at radius 2 is 1.89 bits per heavy atom. The minimum absolute atomic E-state index is 0.490. The predicted octanol–water partition coefficient (Wildman–Crippen LogP) is 2.03. The summed E-state index contributed by atoms with van der Waals surface area (Å²) in [6.07, 6.45) is 2.60. The van der Waals surface area contributed by atoms with Crippen molar-refractivity contribution in [2.45, 2.75) is 33.6 Å². The van der Waals surface area contributed by atoms with Gasteiger partial charge in [0, 0.05) is 0 Å². The van der Waals surface area contributed by atoms with Gasteiger partial charge in [0.1, 0.15) is 0 Å². The third kappa shape index (κ3) is 4.46. The van der Waals surface area contributed by atoms with E-state index in [1.165, 1.54) is 12.8 Å². The van der Waals surface area contributed by atoms with E-state index in [0.717, 1.165) is 6.54 Å². The Bertz CT molecular complexity index is 59.0. The summed E-state index contributed by atoms with van der Waals surface area (Å²) in [4.78, 5) is 0. The van der Waals surface area contributed by atoms with Crippen LogP contribution < -0.4 is 5.32 Å². The van der Waals surface area contributed by atoms with Crippen LogP contribution in [0.4, 0.5) is 0 Å². The van der Waals surface area contributed by atoms with Crippen LogP contribution >= 0.6 is 0 Å². The fraction of sp³-hybridized carbons (Fsp3) is 1.00. The molecule has 0 bridgehead atoms. The number of nitrogens with one attached hydrogen (secondary N) is 1. The third-order valence-electron chi connectivity index (χ3n) is 1.58. The van der Waals surface area contributed by atoms with Gasteiger partial charge in [-0.1, -0.05) is 27.2 Å². The van der Waals surface area contributed by atoms with Crippen LogP contribution in [-0.4, -0.2) is 13.6 Å². The summed E-state index contributed by atoms with van der Waals surface area (Å²) in [6.45, 7) is 7.96. The van der Waals surface area contributed by atoms with E-state index in [0.29, 0.717) is 5.41 Å². The van der Waals surface area contributed by atoms with Crippen molar-refractivity contribution in [2.75, 3.05) is 13.6 Å². The molecule has 0 aromatic heterocycles. The maximum Gasteiger partial charge on any atom is -0.0000489 e. The van der Waals surface area contributed by atoms with Crippen molar-refractivity contribution in [1.29, 1.82) is 0 Å². The van der Waals surface area contributed by atoms with Gasteiger partial charge in [0.2, 0.25) is 0 Å². The molecule has 0 spiro atoms. The van der Waals surface area contributed by atoms with E-state index in [-0.39, 0.29) is 0 Å². The molecule has 0 saturated carbocycles. The van der Waals surface area contributed by atoms with Crippen molar-refractivity contribution in [1.82, 2.24) is 5.32 Å². The van der Waals surface area contributed by atoms with Crippen LogP contribution in [-0.2, 0) is 0 Å². The van der Waals surface area contributed by atoms with Crippen molar-refractivity contribution < 1.29 is 0 Å². The van der Waals surface area contributed by atoms with Crippen LogP contribution in [0.25, 0.3) is 0 Å². The number of rotatable bonds is 4. The summed E-state index contributed by atoms with van der Waals surface area (Å²) in [5.41, 5.74) is 0.490. The standard InChI is InChI=1S/C8H19N/c1-5-6-8(2,3)7-9-4/h9H,5-7H2,1-4H3.